The van der Waals surface area contributed by atoms with Crippen LogP contribution in [-0.2, 0) is 0 Å². The lowest BCUT2D eigenvalue weighted by molar-refractivity contribution is 0.174. The predicted octanol–water partition coefficient (Wildman–Crippen LogP) is 1.64. The summed E-state index contributed by atoms with van der Waals surface area (Å²) in [6, 6.07) is 0.683. The minimum Gasteiger partial charge on any atom is -0.312 e. The molecule has 0 radical (unpaired) electrons. The molecular weight excluding hydrogens is 172 g/mol. The van der Waals surface area contributed by atoms with Crippen molar-refractivity contribution in [3.8, 4) is 0 Å². The Balaban J connectivity index is 1.75. The maximum Gasteiger partial charge on any atom is 0.0167 e. The number of nitrogens with one attached hydrogen (secondary N) is 1. The highest BCUT2D eigenvalue weighted by molar-refractivity contribution is 4.91. The van der Waals surface area contributed by atoms with E-state index in [-0.39, 0.29) is 0 Å². The Morgan fingerprint density at radius 1 is 1.43 bits per heavy atom. The molecule has 0 aromatic rings. The van der Waals surface area contributed by atoms with Gasteiger partial charge in [-0.05, 0) is 32.1 Å². The van der Waals surface area contributed by atoms with Gasteiger partial charge >= 0.3 is 0 Å². The molecule has 14 heavy (non-hydrogen) atoms. The SMILES string of the molecule is C[C@@H]1CN(CC2CC=CCC2)CCN1. The zero-order valence-electron chi connectivity index (χ0n) is 9.21. The number of hydrogen-bond acceptors (Lipinski definition) is 2. The summed E-state index contributed by atoms with van der Waals surface area (Å²) in [5.74, 6) is 0.922. The summed E-state index contributed by atoms with van der Waals surface area (Å²) >= 11 is 0. The quantitative estimate of drug-likeness (QED) is 0.672. The molecule has 0 saturated carbocycles. The van der Waals surface area contributed by atoms with E-state index in [4.69, 9.17) is 0 Å². The minimum atomic E-state index is 0.683. The lowest BCUT2D eigenvalue weighted by Gasteiger charge is -2.34. The molecular formula is C12H22N2. The van der Waals surface area contributed by atoms with Gasteiger partial charge in [0.15, 0.2) is 0 Å². The molecule has 1 heterocycles. The molecule has 1 saturated heterocycles. The van der Waals surface area contributed by atoms with Crippen LogP contribution in [0.1, 0.15) is 26.2 Å². The monoisotopic (exact) mass is 194 g/mol. The van der Waals surface area contributed by atoms with E-state index in [0.29, 0.717) is 6.04 Å². The van der Waals surface area contributed by atoms with Crippen LogP contribution in [0.4, 0.5) is 0 Å². The van der Waals surface area contributed by atoms with E-state index < -0.39 is 0 Å². The zero-order chi connectivity index (χ0) is 9.80. The van der Waals surface area contributed by atoms with E-state index in [2.05, 4.69) is 29.3 Å². The molecule has 1 aliphatic heterocycles. The third-order valence-electron chi connectivity index (χ3n) is 3.35. The predicted molar refractivity (Wildman–Crippen MR) is 60.4 cm³/mol. The van der Waals surface area contributed by atoms with Crippen LogP contribution in [0.15, 0.2) is 12.2 Å². The maximum atomic E-state index is 3.49. The Labute approximate surface area is 87.4 Å². The van der Waals surface area contributed by atoms with Gasteiger partial charge in [-0.15, -0.1) is 0 Å². The Hall–Kier alpha value is -0.340. The minimum absolute atomic E-state index is 0.683. The van der Waals surface area contributed by atoms with Crippen LogP contribution in [0.3, 0.4) is 0 Å². The van der Waals surface area contributed by atoms with Gasteiger partial charge < -0.3 is 10.2 Å². The highest BCUT2D eigenvalue weighted by Crippen LogP contribution is 2.19. The van der Waals surface area contributed by atoms with Gasteiger partial charge in [-0.1, -0.05) is 12.2 Å². The molecule has 1 aliphatic carbocycles. The average molecular weight is 194 g/mol. The average Bonchev–Trinajstić information content (AvgIpc) is 2.19. The first-order chi connectivity index (χ1) is 6.84. The molecule has 0 amide bonds. The van der Waals surface area contributed by atoms with Crippen molar-refractivity contribution in [1.29, 1.82) is 0 Å². The van der Waals surface area contributed by atoms with E-state index in [1.807, 2.05) is 0 Å². The Morgan fingerprint density at radius 3 is 3.07 bits per heavy atom. The van der Waals surface area contributed by atoms with Gasteiger partial charge in [0.1, 0.15) is 0 Å². The van der Waals surface area contributed by atoms with E-state index in [1.54, 1.807) is 0 Å². The molecule has 2 heteroatoms. The van der Waals surface area contributed by atoms with E-state index in [1.165, 1.54) is 45.4 Å². The summed E-state index contributed by atoms with van der Waals surface area (Å²) in [5, 5.41) is 3.49. The van der Waals surface area contributed by atoms with Gasteiger partial charge in [-0.3, -0.25) is 0 Å². The fraction of sp³-hybridized carbons (Fsp3) is 0.833. The van der Waals surface area contributed by atoms with Gasteiger partial charge in [0.05, 0.1) is 0 Å². The maximum absolute atomic E-state index is 3.49. The standard InChI is InChI=1S/C12H22N2/c1-11-9-14(8-7-13-11)10-12-5-3-2-4-6-12/h2-3,11-13H,4-10H2,1H3/t11-,12?/m1/s1. The van der Waals surface area contributed by atoms with Crippen molar-refractivity contribution in [2.24, 2.45) is 5.92 Å². The lowest BCUT2D eigenvalue weighted by Crippen LogP contribution is -2.50. The van der Waals surface area contributed by atoms with E-state index >= 15 is 0 Å². The number of piperazine rings is 1. The fourth-order valence-electron chi connectivity index (χ4n) is 2.57. The highest BCUT2D eigenvalue weighted by atomic mass is 15.2. The molecule has 1 N–H and O–H groups in total. The lowest BCUT2D eigenvalue weighted by atomic mass is 9.93. The van der Waals surface area contributed by atoms with Crippen LogP contribution in [0.2, 0.25) is 0 Å². The van der Waals surface area contributed by atoms with Gasteiger partial charge in [0, 0.05) is 32.2 Å². The second kappa shape index (κ2) is 4.94. The molecule has 2 nitrogen and oxygen atoms in total. The van der Waals surface area contributed by atoms with E-state index in [0.717, 1.165) is 5.92 Å². The first kappa shape index (κ1) is 10.2. The van der Waals surface area contributed by atoms with Crippen molar-refractivity contribution in [2.45, 2.75) is 32.2 Å². The first-order valence-corrected chi connectivity index (χ1v) is 5.95. The molecule has 2 atom stereocenters. The van der Waals surface area contributed by atoms with Crippen LogP contribution in [0.5, 0.6) is 0 Å². The zero-order valence-corrected chi connectivity index (χ0v) is 9.21. The van der Waals surface area contributed by atoms with Crippen molar-refractivity contribution in [1.82, 2.24) is 10.2 Å². The summed E-state index contributed by atoms with van der Waals surface area (Å²) in [7, 11) is 0. The van der Waals surface area contributed by atoms with Crippen molar-refractivity contribution < 1.29 is 0 Å². The van der Waals surface area contributed by atoms with Crippen LogP contribution in [0, 0.1) is 5.92 Å². The molecule has 1 unspecified atom stereocenters. The third kappa shape index (κ3) is 2.82. The van der Waals surface area contributed by atoms with Gasteiger partial charge in [-0.2, -0.15) is 0 Å². The Kier molecular flexibility index (Phi) is 3.60. The van der Waals surface area contributed by atoms with E-state index in [9.17, 15) is 0 Å². The van der Waals surface area contributed by atoms with Crippen molar-refractivity contribution in [2.75, 3.05) is 26.2 Å². The molecule has 0 spiro atoms. The first-order valence-electron chi connectivity index (χ1n) is 5.95. The molecule has 0 aromatic heterocycles. The second-order valence-electron chi connectivity index (χ2n) is 4.77. The van der Waals surface area contributed by atoms with Crippen LogP contribution in [-0.4, -0.2) is 37.1 Å². The molecule has 2 aliphatic rings. The summed E-state index contributed by atoms with van der Waals surface area (Å²) in [6.45, 7) is 7.25. The van der Waals surface area contributed by atoms with Gasteiger partial charge in [0.25, 0.3) is 0 Å². The fourth-order valence-corrected chi connectivity index (χ4v) is 2.57. The summed E-state index contributed by atoms with van der Waals surface area (Å²) in [5.41, 5.74) is 0. The normalized spacial score (nSPS) is 34.6. The van der Waals surface area contributed by atoms with Crippen molar-refractivity contribution in [3.63, 3.8) is 0 Å². The number of rotatable bonds is 2. The highest BCUT2D eigenvalue weighted by Gasteiger charge is 2.19. The smallest absolute Gasteiger partial charge is 0.0167 e. The van der Waals surface area contributed by atoms with Crippen molar-refractivity contribution >= 4 is 0 Å². The summed E-state index contributed by atoms with van der Waals surface area (Å²) < 4.78 is 0. The van der Waals surface area contributed by atoms with Crippen molar-refractivity contribution in [3.05, 3.63) is 12.2 Å². The molecule has 80 valence electrons. The number of hydrogen-bond donors (Lipinski definition) is 1. The molecule has 1 fully saturated rings. The third-order valence-corrected chi connectivity index (χ3v) is 3.35. The summed E-state index contributed by atoms with van der Waals surface area (Å²) in [6.07, 6.45) is 8.69. The topological polar surface area (TPSA) is 15.3 Å². The summed E-state index contributed by atoms with van der Waals surface area (Å²) in [4.78, 5) is 2.63. The van der Waals surface area contributed by atoms with Crippen LogP contribution < -0.4 is 5.32 Å². The van der Waals surface area contributed by atoms with Crippen LogP contribution in [0.25, 0.3) is 0 Å². The molecule has 0 aromatic carbocycles. The molecule has 0 bridgehead atoms. The van der Waals surface area contributed by atoms with Gasteiger partial charge in [-0.25, -0.2) is 0 Å². The number of nitrogens with zero attached hydrogens (tertiary/aromatic N) is 1. The Bertz CT molecular complexity index is 200. The number of allylic oxidation sites excluding steroid dienone is 2. The molecule has 2 rings (SSSR count). The second-order valence-corrected chi connectivity index (χ2v) is 4.77. The van der Waals surface area contributed by atoms with Gasteiger partial charge in [0.2, 0.25) is 0 Å². The largest absolute Gasteiger partial charge is 0.312 e. The Morgan fingerprint density at radius 2 is 2.36 bits per heavy atom. The van der Waals surface area contributed by atoms with Crippen LogP contribution >= 0.6 is 0 Å².